The molecule has 1 nitrogen and oxygen atoms in total. The van der Waals surface area contributed by atoms with E-state index >= 15 is 0 Å². The van der Waals surface area contributed by atoms with Crippen LogP contribution < -0.4 is 0 Å². The molecule has 0 saturated carbocycles. The molecule has 0 N–H and O–H groups in total. The highest BCUT2D eigenvalue weighted by atomic mass is 79.9. The van der Waals surface area contributed by atoms with Crippen LogP contribution in [-0.4, -0.2) is 9.90 Å². The summed E-state index contributed by atoms with van der Waals surface area (Å²) in [5.74, 6) is 0. The summed E-state index contributed by atoms with van der Waals surface area (Å²) in [4.78, 5) is 0. The van der Waals surface area contributed by atoms with Gasteiger partial charge >= 0.3 is 0 Å². The van der Waals surface area contributed by atoms with Crippen molar-refractivity contribution in [1.29, 1.82) is 0 Å². The molecule has 0 atom stereocenters. The third-order valence-corrected chi connectivity index (χ3v) is 4.50. The summed E-state index contributed by atoms with van der Waals surface area (Å²) in [6.45, 7) is 5.43. The fraction of sp³-hybridized carbons (Fsp3) is 0.333. The van der Waals surface area contributed by atoms with Crippen LogP contribution in [0.3, 0.4) is 0 Å². The van der Waals surface area contributed by atoms with E-state index in [1.165, 1.54) is 45.8 Å². The Morgan fingerprint density at radius 3 is 1.90 bits per heavy atom. The van der Waals surface area contributed by atoms with Crippen molar-refractivity contribution in [1.82, 2.24) is 4.57 Å². The number of hydrogen-bond acceptors (Lipinski definition) is 0. The topological polar surface area (TPSA) is 4.93 Å². The Morgan fingerprint density at radius 2 is 1.40 bits per heavy atom. The molecule has 20 heavy (non-hydrogen) atoms. The molecule has 3 rings (SSSR count). The van der Waals surface area contributed by atoms with E-state index in [0.29, 0.717) is 0 Å². The quantitative estimate of drug-likeness (QED) is 0.434. The number of aromatic nitrogens is 1. The molecule has 0 unspecified atom stereocenters. The van der Waals surface area contributed by atoms with Crippen LogP contribution in [0, 0.1) is 13.8 Å². The second-order valence-corrected chi connectivity index (χ2v) is 6.38. The molecule has 1 heterocycles. The first-order valence-electron chi connectivity index (χ1n) is 7.26. The Bertz CT molecular complexity index is 696. The second-order valence-electron chi connectivity index (χ2n) is 5.59. The van der Waals surface area contributed by atoms with Gasteiger partial charge in [0.2, 0.25) is 0 Å². The fourth-order valence-electron chi connectivity index (χ4n) is 2.94. The van der Waals surface area contributed by atoms with Crippen LogP contribution in [0.4, 0.5) is 0 Å². The van der Waals surface area contributed by atoms with Gasteiger partial charge in [0.05, 0.1) is 0 Å². The monoisotopic (exact) mass is 329 g/mol. The molecule has 0 saturated heterocycles. The number of rotatable bonds is 4. The molecule has 0 aliphatic rings. The van der Waals surface area contributed by atoms with E-state index in [1.807, 2.05) is 0 Å². The van der Waals surface area contributed by atoms with Crippen molar-refractivity contribution >= 4 is 37.7 Å². The first-order chi connectivity index (χ1) is 9.70. The van der Waals surface area contributed by atoms with Gasteiger partial charge in [-0.15, -0.1) is 0 Å². The van der Waals surface area contributed by atoms with E-state index < -0.39 is 0 Å². The van der Waals surface area contributed by atoms with Crippen molar-refractivity contribution in [3.63, 3.8) is 0 Å². The lowest BCUT2D eigenvalue weighted by atomic mass is 10.1. The van der Waals surface area contributed by atoms with Crippen molar-refractivity contribution < 1.29 is 0 Å². The van der Waals surface area contributed by atoms with Gasteiger partial charge in [-0.25, -0.2) is 0 Å². The predicted octanol–water partition coefficient (Wildman–Crippen LogP) is 5.59. The molecule has 2 aromatic carbocycles. The molecule has 0 bridgehead atoms. The highest BCUT2D eigenvalue weighted by Gasteiger charge is 2.10. The summed E-state index contributed by atoms with van der Waals surface area (Å²) in [6.07, 6.45) is 2.44. The zero-order valence-corrected chi connectivity index (χ0v) is 13.7. The molecule has 0 fully saturated rings. The molecule has 2 heteroatoms. The summed E-state index contributed by atoms with van der Waals surface area (Å²) >= 11 is 3.52. The van der Waals surface area contributed by atoms with Gasteiger partial charge in [-0.3, -0.25) is 0 Å². The normalized spacial score (nSPS) is 11.6. The fourth-order valence-corrected chi connectivity index (χ4v) is 3.33. The average Bonchev–Trinajstić information content (AvgIpc) is 2.72. The summed E-state index contributed by atoms with van der Waals surface area (Å²) < 4.78 is 2.48. The maximum atomic E-state index is 3.52. The Kier molecular flexibility index (Phi) is 3.84. The largest absolute Gasteiger partial charge is 0.340 e. The molecular weight excluding hydrogens is 310 g/mol. The number of benzene rings is 2. The average molecular weight is 330 g/mol. The molecule has 0 spiro atoms. The summed E-state index contributed by atoms with van der Waals surface area (Å²) in [5.41, 5.74) is 5.40. The van der Waals surface area contributed by atoms with Gasteiger partial charge in [-0.2, -0.15) is 0 Å². The lowest BCUT2D eigenvalue weighted by Gasteiger charge is -2.07. The van der Waals surface area contributed by atoms with Gasteiger partial charge in [0.1, 0.15) is 0 Å². The van der Waals surface area contributed by atoms with E-state index in [-0.39, 0.29) is 0 Å². The van der Waals surface area contributed by atoms with Gasteiger partial charge in [0.15, 0.2) is 0 Å². The van der Waals surface area contributed by atoms with Crippen LogP contribution in [0.2, 0.25) is 0 Å². The van der Waals surface area contributed by atoms with Crippen LogP contribution in [0.1, 0.15) is 24.0 Å². The van der Waals surface area contributed by atoms with E-state index in [9.17, 15) is 0 Å². The second kappa shape index (κ2) is 5.61. The summed E-state index contributed by atoms with van der Waals surface area (Å²) in [5, 5.41) is 3.87. The van der Waals surface area contributed by atoms with Crippen molar-refractivity contribution in [2.75, 3.05) is 5.33 Å². The Hall–Kier alpha value is -1.28. The van der Waals surface area contributed by atoms with Crippen molar-refractivity contribution in [2.45, 2.75) is 33.2 Å². The highest BCUT2D eigenvalue weighted by Crippen LogP contribution is 2.30. The molecule has 0 aliphatic heterocycles. The molecule has 0 radical (unpaired) electrons. The highest BCUT2D eigenvalue weighted by molar-refractivity contribution is 9.09. The Morgan fingerprint density at radius 1 is 0.850 bits per heavy atom. The van der Waals surface area contributed by atoms with Crippen molar-refractivity contribution in [3.8, 4) is 0 Å². The number of fused-ring (bicyclic) bond motifs is 3. The first kappa shape index (κ1) is 13.7. The Labute approximate surface area is 128 Å². The molecule has 3 aromatic rings. The van der Waals surface area contributed by atoms with E-state index in [4.69, 9.17) is 0 Å². The maximum absolute atomic E-state index is 3.52. The number of hydrogen-bond donors (Lipinski definition) is 0. The third-order valence-electron chi connectivity index (χ3n) is 3.94. The Balaban J connectivity index is 2.23. The number of nitrogens with zero attached hydrogens (tertiary/aromatic N) is 1. The molecule has 104 valence electrons. The van der Waals surface area contributed by atoms with Crippen molar-refractivity contribution in [3.05, 3.63) is 47.5 Å². The minimum Gasteiger partial charge on any atom is -0.340 e. The van der Waals surface area contributed by atoms with E-state index in [2.05, 4.69) is 70.7 Å². The number of halogens is 1. The van der Waals surface area contributed by atoms with Gasteiger partial charge in [0, 0.05) is 33.7 Å². The van der Waals surface area contributed by atoms with Crippen LogP contribution in [0.5, 0.6) is 0 Å². The number of alkyl halides is 1. The molecule has 1 aromatic heterocycles. The van der Waals surface area contributed by atoms with Crippen LogP contribution in [0.25, 0.3) is 21.8 Å². The lowest BCUT2D eigenvalue weighted by Crippen LogP contribution is -1.97. The van der Waals surface area contributed by atoms with Gasteiger partial charge in [-0.05, 0) is 51.0 Å². The summed E-state index contributed by atoms with van der Waals surface area (Å²) in [7, 11) is 0. The number of unbranched alkanes of at least 4 members (excludes halogenated alkanes) is 1. The molecule has 0 aliphatic carbocycles. The first-order valence-corrected chi connectivity index (χ1v) is 8.38. The minimum absolute atomic E-state index is 1.09. The third kappa shape index (κ3) is 2.37. The smallest absolute Gasteiger partial charge is 0.0491 e. The maximum Gasteiger partial charge on any atom is 0.0491 e. The minimum atomic E-state index is 1.09. The van der Waals surface area contributed by atoms with E-state index in [1.54, 1.807) is 0 Å². The summed E-state index contributed by atoms with van der Waals surface area (Å²) in [6, 6.07) is 13.6. The van der Waals surface area contributed by atoms with Gasteiger partial charge in [-0.1, -0.05) is 39.2 Å². The van der Waals surface area contributed by atoms with Gasteiger partial charge < -0.3 is 4.57 Å². The van der Waals surface area contributed by atoms with Crippen molar-refractivity contribution in [2.24, 2.45) is 0 Å². The molecule has 0 amide bonds. The predicted molar refractivity (Wildman–Crippen MR) is 91.9 cm³/mol. The SMILES string of the molecule is Cc1ccc2c(c1)c1cc(C)ccc1n2CCCCBr. The zero-order valence-electron chi connectivity index (χ0n) is 12.1. The lowest BCUT2D eigenvalue weighted by molar-refractivity contribution is 0.670. The molecular formula is C18H20BrN. The van der Waals surface area contributed by atoms with Crippen LogP contribution >= 0.6 is 15.9 Å². The zero-order chi connectivity index (χ0) is 14.1. The standard InChI is InChI=1S/C18H20BrN/c1-13-5-7-17-15(11-13)16-12-14(2)6-8-18(16)20(17)10-4-3-9-19/h5-8,11-12H,3-4,9-10H2,1-2H3. The van der Waals surface area contributed by atoms with Crippen LogP contribution in [-0.2, 0) is 6.54 Å². The van der Waals surface area contributed by atoms with Crippen LogP contribution in [0.15, 0.2) is 36.4 Å². The van der Waals surface area contributed by atoms with Gasteiger partial charge in [0.25, 0.3) is 0 Å². The number of aryl methyl sites for hydroxylation is 3. The van der Waals surface area contributed by atoms with E-state index in [0.717, 1.165) is 11.9 Å².